The highest BCUT2D eigenvalue weighted by molar-refractivity contribution is 5.75. The van der Waals surface area contributed by atoms with Gasteiger partial charge in [0.25, 0.3) is 0 Å². The van der Waals surface area contributed by atoms with Crippen LogP contribution in [0.15, 0.2) is 18.2 Å². The summed E-state index contributed by atoms with van der Waals surface area (Å²) in [7, 11) is 1.59. The first-order valence-corrected chi connectivity index (χ1v) is 4.82. The molecule has 0 aliphatic carbocycles. The first-order valence-electron chi connectivity index (χ1n) is 4.82. The van der Waals surface area contributed by atoms with Crippen LogP contribution in [0.5, 0.6) is 0 Å². The van der Waals surface area contributed by atoms with E-state index in [4.69, 9.17) is 5.73 Å². The number of benzene rings is 1. The lowest BCUT2D eigenvalue weighted by Crippen LogP contribution is -2.41. The van der Waals surface area contributed by atoms with Crippen LogP contribution in [0.2, 0.25) is 0 Å². The van der Waals surface area contributed by atoms with E-state index >= 15 is 0 Å². The molecule has 0 heterocycles. The number of nitrogens with two attached hydrogens (primary N) is 1. The predicted molar refractivity (Wildman–Crippen MR) is 56.6 cm³/mol. The van der Waals surface area contributed by atoms with Gasteiger partial charge in [0.2, 0.25) is 5.91 Å². The fraction of sp³-hybridized carbons (Fsp3) is 0.364. The van der Waals surface area contributed by atoms with Crippen molar-refractivity contribution in [2.24, 2.45) is 5.73 Å². The van der Waals surface area contributed by atoms with Gasteiger partial charge in [-0.3, -0.25) is 4.79 Å². The SMILES string of the molecule is CNC(C)(CC(N)=O)c1ccc(F)cc1F. The number of nitrogens with one attached hydrogen (secondary N) is 1. The number of rotatable bonds is 4. The fourth-order valence-electron chi connectivity index (χ4n) is 1.60. The summed E-state index contributed by atoms with van der Waals surface area (Å²) in [6, 6.07) is 3.24. The van der Waals surface area contributed by atoms with Crippen LogP contribution >= 0.6 is 0 Å². The third-order valence-corrected chi connectivity index (χ3v) is 2.61. The second-order valence-corrected chi connectivity index (χ2v) is 3.85. The van der Waals surface area contributed by atoms with E-state index in [0.717, 1.165) is 12.1 Å². The Morgan fingerprint density at radius 3 is 2.56 bits per heavy atom. The summed E-state index contributed by atoms with van der Waals surface area (Å²) >= 11 is 0. The molecule has 0 aliphatic heterocycles. The van der Waals surface area contributed by atoms with Gasteiger partial charge in [0.05, 0.1) is 5.54 Å². The van der Waals surface area contributed by atoms with Crippen LogP contribution in [0.4, 0.5) is 8.78 Å². The topological polar surface area (TPSA) is 55.1 Å². The van der Waals surface area contributed by atoms with E-state index in [-0.39, 0.29) is 12.0 Å². The standard InChI is InChI=1S/C11H14F2N2O/c1-11(15-2,6-10(14)16)8-4-3-7(12)5-9(8)13/h3-5,15H,6H2,1-2H3,(H2,14,16). The van der Waals surface area contributed by atoms with Crippen LogP contribution < -0.4 is 11.1 Å². The van der Waals surface area contributed by atoms with Gasteiger partial charge in [-0.2, -0.15) is 0 Å². The van der Waals surface area contributed by atoms with Gasteiger partial charge in [0.15, 0.2) is 0 Å². The predicted octanol–water partition coefficient (Wildman–Crippen LogP) is 1.27. The molecule has 1 aromatic rings. The molecule has 88 valence electrons. The summed E-state index contributed by atoms with van der Waals surface area (Å²) in [5.41, 5.74) is 4.39. The first-order chi connectivity index (χ1) is 7.39. The Morgan fingerprint density at radius 2 is 2.12 bits per heavy atom. The molecule has 0 fully saturated rings. The normalized spacial score (nSPS) is 14.5. The van der Waals surface area contributed by atoms with Gasteiger partial charge in [-0.15, -0.1) is 0 Å². The van der Waals surface area contributed by atoms with Crippen LogP contribution in [0.3, 0.4) is 0 Å². The first kappa shape index (κ1) is 12.6. The van der Waals surface area contributed by atoms with Crippen molar-refractivity contribution in [2.75, 3.05) is 7.05 Å². The van der Waals surface area contributed by atoms with E-state index in [0.29, 0.717) is 0 Å². The summed E-state index contributed by atoms with van der Waals surface area (Å²) in [5.74, 6) is -1.91. The molecule has 16 heavy (non-hydrogen) atoms. The van der Waals surface area contributed by atoms with Crippen LogP contribution in [0, 0.1) is 11.6 Å². The van der Waals surface area contributed by atoms with Gasteiger partial charge < -0.3 is 11.1 Å². The molecule has 3 nitrogen and oxygen atoms in total. The largest absolute Gasteiger partial charge is 0.370 e. The summed E-state index contributed by atoms with van der Waals surface area (Å²) in [6.07, 6.45) is -0.0634. The maximum Gasteiger partial charge on any atom is 0.219 e. The van der Waals surface area contributed by atoms with Crippen molar-refractivity contribution in [1.29, 1.82) is 0 Å². The Morgan fingerprint density at radius 1 is 1.50 bits per heavy atom. The molecule has 1 unspecified atom stereocenters. The number of hydrogen-bond donors (Lipinski definition) is 2. The zero-order chi connectivity index (χ0) is 12.3. The lowest BCUT2D eigenvalue weighted by molar-refractivity contribution is -0.119. The van der Waals surface area contributed by atoms with Crippen molar-refractivity contribution in [3.63, 3.8) is 0 Å². The van der Waals surface area contributed by atoms with Gasteiger partial charge in [0, 0.05) is 18.1 Å². The Hall–Kier alpha value is -1.49. The maximum atomic E-state index is 13.6. The molecule has 0 bridgehead atoms. The summed E-state index contributed by atoms with van der Waals surface area (Å²) in [4.78, 5) is 10.9. The summed E-state index contributed by atoms with van der Waals surface area (Å²) < 4.78 is 26.3. The number of carbonyl (C=O) groups excluding carboxylic acids is 1. The minimum absolute atomic E-state index is 0.0634. The zero-order valence-corrected chi connectivity index (χ0v) is 9.18. The second-order valence-electron chi connectivity index (χ2n) is 3.85. The van der Waals surface area contributed by atoms with E-state index in [1.54, 1.807) is 14.0 Å². The number of primary amides is 1. The van der Waals surface area contributed by atoms with Crippen LogP contribution in [-0.2, 0) is 10.3 Å². The van der Waals surface area contributed by atoms with Crippen molar-refractivity contribution in [3.8, 4) is 0 Å². The van der Waals surface area contributed by atoms with Gasteiger partial charge in [-0.05, 0) is 20.0 Å². The second kappa shape index (κ2) is 4.57. The number of halogens is 2. The average Bonchev–Trinajstić information content (AvgIpc) is 2.16. The molecule has 3 N–H and O–H groups in total. The molecule has 0 saturated carbocycles. The summed E-state index contributed by atoms with van der Waals surface area (Å²) in [6.45, 7) is 1.63. The molecule has 1 aromatic carbocycles. The quantitative estimate of drug-likeness (QED) is 0.815. The molecule has 1 atom stereocenters. The number of carbonyl (C=O) groups is 1. The van der Waals surface area contributed by atoms with Crippen molar-refractivity contribution in [1.82, 2.24) is 5.32 Å². The molecule has 5 heteroatoms. The molecule has 0 radical (unpaired) electrons. The highest BCUT2D eigenvalue weighted by Gasteiger charge is 2.29. The molecule has 0 saturated heterocycles. The number of amides is 1. The Balaban J connectivity index is 3.17. The van der Waals surface area contributed by atoms with Gasteiger partial charge >= 0.3 is 0 Å². The van der Waals surface area contributed by atoms with E-state index in [1.165, 1.54) is 6.07 Å². The third-order valence-electron chi connectivity index (χ3n) is 2.61. The molecule has 0 aromatic heterocycles. The highest BCUT2D eigenvalue weighted by atomic mass is 19.1. The maximum absolute atomic E-state index is 13.6. The average molecular weight is 228 g/mol. The van der Waals surface area contributed by atoms with Crippen LogP contribution in [-0.4, -0.2) is 13.0 Å². The minimum Gasteiger partial charge on any atom is -0.370 e. The van der Waals surface area contributed by atoms with Crippen LogP contribution in [0.1, 0.15) is 18.9 Å². The van der Waals surface area contributed by atoms with E-state index in [1.807, 2.05) is 0 Å². The zero-order valence-electron chi connectivity index (χ0n) is 9.18. The Labute approximate surface area is 92.6 Å². The highest BCUT2D eigenvalue weighted by Crippen LogP contribution is 2.26. The monoisotopic (exact) mass is 228 g/mol. The van der Waals surface area contributed by atoms with E-state index in [9.17, 15) is 13.6 Å². The van der Waals surface area contributed by atoms with E-state index in [2.05, 4.69) is 5.32 Å². The molecule has 1 amide bonds. The minimum atomic E-state index is -0.927. The molecule has 0 aliphatic rings. The fourth-order valence-corrected chi connectivity index (χ4v) is 1.60. The van der Waals surface area contributed by atoms with E-state index < -0.39 is 23.1 Å². The lowest BCUT2D eigenvalue weighted by Gasteiger charge is -2.28. The molecular weight excluding hydrogens is 214 g/mol. The van der Waals surface area contributed by atoms with Gasteiger partial charge in [0.1, 0.15) is 11.6 Å². The lowest BCUT2D eigenvalue weighted by atomic mass is 9.88. The Bertz CT molecular complexity index is 409. The molecule has 0 spiro atoms. The van der Waals surface area contributed by atoms with Crippen molar-refractivity contribution < 1.29 is 13.6 Å². The smallest absolute Gasteiger partial charge is 0.219 e. The Kier molecular flexibility index (Phi) is 3.59. The van der Waals surface area contributed by atoms with Crippen molar-refractivity contribution in [3.05, 3.63) is 35.4 Å². The number of hydrogen-bond acceptors (Lipinski definition) is 2. The van der Waals surface area contributed by atoms with Crippen LogP contribution in [0.25, 0.3) is 0 Å². The van der Waals surface area contributed by atoms with Crippen molar-refractivity contribution >= 4 is 5.91 Å². The third kappa shape index (κ3) is 2.55. The van der Waals surface area contributed by atoms with Gasteiger partial charge in [-0.25, -0.2) is 8.78 Å². The van der Waals surface area contributed by atoms with Gasteiger partial charge in [-0.1, -0.05) is 6.07 Å². The summed E-state index contributed by atoms with van der Waals surface area (Å²) in [5, 5.41) is 2.82. The molecular formula is C11H14F2N2O. The molecule has 1 rings (SSSR count). The van der Waals surface area contributed by atoms with Crippen molar-refractivity contribution in [2.45, 2.75) is 18.9 Å².